The van der Waals surface area contributed by atoms with Gasteiger partial charge in [0.2, 0.25) is 5.91 Å². The van der Waals surface area contributed by atoms with E-state index in [0.29, 0.717) is 17.7 Å². The zero-order valence-corrected chi connectivity index (χ0v) is 11.6. The Labute approximate surface area is 118 Å². The molecule has 0 fully saturated rings. The lowest BCUT2D eigenvalue weighted by molar-refractivity contribution is 0.0999. The molecule has 4 nitrogen and oxygen atoms in total. The Morgan fingerprint density at radius 3 is 2.15 bits per heavy atom. The van der Waals surface area contributed by atoms with E-state index in [2.05, 4.69) is 0 Å². The minimum atomic E-state index is -0.451. The van der Waals surface area contributed by atoms with Crippen LogP contribution in [-0.4, -0.2) is 20.1 Å². The summed E-state index contributed by atoms with van der Waals surface area (Å²) in [7, 11) is 3.19. The molecule has 2 rings (SSSR count). The number of benzene rings is 2. The molecule has 0 saturated carbocycles. The number of methoxy groups -OCH3 is 2. The van der Waals surface area contributed by atoms with E-state index in [1.165, 1.54) is 0 Å². The van der Waals surface area contributed by atoms with Gasteiger partial charge in [-0.1, -0.05) is 18.2 Å². The topological polar surface area (TPSA) is 61.6 Å². The smallest absolute Gasteiger partial charge is 0.249 e. The molecule has 0 atom stereocenters. The highest BCUT2D eigenvalue weighted by molar-refractivity contribution is 5.94. The van der Waals surface area contributed by atoms with Gasteiger partial charge in [0.25, 0.3) is 0 Å². The molecule has 2 N–H and O–H groups in total. The number of amides is 1. The van der Waals surface area contributed by atoms with Crippen LogP contribution >= 0.6 is 0 Å². The Balaban J connectivity index is 2.29. The van der Waals surface area contributed by atoms with Gasteiger partial charge in [-0.25, -0.2) is 0 Å². The van der Waals surface area contributed by atoms with Crippen molar-refractivity contribution in [3.8, 4) is 11.5 Å². The van der Waals surface area contributed by atoms with E-state index >= 15 is 0 Å². The molecule has 4 heteroatoms. The van der Waals surface area contributed by atoms with Gasteiger partial charge < -0.3 is 15.2 Å². The lowest BCUT2D eigenvalue weighted by Crippen LogP contribution is -2.14. The minimum absolute atomic E-state index is 0.451. The predicted molar refractivity (Wildman–Crippen MR) is 77.3 cm³/mol. The molecule has 104 valence electrons. The van der Waals surface area contributed by atoms with Crippen LogP contribution in [0.15, 0.2) is 42.5 Å². The summed E-state index contributed by atoms with van der Waals surface area (Å²) in [4.78, 5) is 11.5. The van der Waals surface area contributed by atoms with E-state index in [-0.39, 0.29) is 0 Å². The van der Waals surface area contributed by atoms with Gasteiger partial charge in [0.05, 0.1) is 14.2 Å². The Morgan fingerprint density at radius 2 is 1.60 bits per heavy atom. The molecule has 0 saturated heterocycles. The molecule has 1 amide bonds. The van der Waals surface area contributed by atoms with Gasteiger partial charge in [-0.3, -0.25) is 4.79 Å². The third-order valence-electron chi connectivity index (χ3n) is 3.14. The highest BCUT2D eigenvalue weighted by atomic mass is 16.5. The van der Waals surface area contributed by atoms with E-state index in [9.17, 15) is 4.79 Å². The van der Waals surface area contributed by atoms with Gasteiger partial charge in [-0.2, -0.15) is 0 Å². The van der Waals surface area contributed by atoms with Crippen molar-refractivity contribution >= 4 is 5.91 Å². The van der Waals surface area contributed by atoms with E-state index in [1.807, 2.05) is 36.4 Å². The molecular formula is C16H17NO3. The summed E-state index contributed by atoms with van der Waals surface area (Å²) in [6, 6.07) is 13.1. The zero-order valence-electron chi connectivity index (χ0n) is 11.6. The second kappa shape index (κ2) is 6.10. The average molecular weight is 271 g/mol. The molecule has 0 heterocycles. The van der Waals surface area contributed by atoms with Gasteiger partial charge in [0, 0.05) is 5.56 Å². The fourth-order valence-electron chi connectivity index (χ4n) is 2.03. The number of ether oxygens (including phenoxy) is 2. The van der Waals surface area contributed by atoms with Crippen LogP contribution in [0.4, 0.5) is 0 Å². The highest BCUT2D eigenvalue weighted by Gasteiger charge is 2.10. The average Bonchev–Trinajstić information content (AvgIpc) is 2.48. The number of rotatable bonds is 5. The van der Waals surface area contributed by atoms with Crippen molar-refractivity contribution in [1.82, 2.24) is 0 Å². The summed E-state index contributed by atoms with van der Waals surface area (Å²) >= 11 is 0. The summed E-state index contributed by atoms with van der Waals surface area (Å²) in [5, 5.41) is 0. The number of nitrogens with two attached hydrogens (primary N) is 1. The van der Waals surface area contributed by atoms with Crippen molar-refractivity contribution < 1.29 is 14.3 Å². The van der Waals surface area contributed by atoms with Crippen molar-refractivity contribution in [3.05, 3.63) is 59.2 Å². The molecule has 0 aliphatic rings. The highest BCUT2D eigenvalue weighted by Crippen LogP contribution is 2.21. The first-order valence-electron chi connectivity index (χ1n) is 6.23. The van der Waals surface area contributed by atoms with Gasteiger partial charge in [-0.05, 0) is 41.8 Å². The molecule has 0 aliphatic heterocycles. The second-order valence-electron chi connectivity index (χ2n) is 4.41. The summed E-state index contributed by atoms with van der Waals surface area (Å²) in [5.41, 5.74) is 7.87. The standard InChI is InChI=1S/C16H17NO3/c1-19-13-6-3-11(4-7-13)9-12-5-8-14(20-2)10-15(12)16(17)18/h3-8,10H,9H2,1-2H3,(H2,17,18). The SMILES string of the molecule is COc1ccc(Cc2ccc(OC)cc2C(N)=O)cc1. The number of hydrogen-bond acceptors (Lipinski definition) is 3. The quantitative estimate of drug-likeness (QED) is 0.908. The van der Waals surface area contributed by atoms with E-state index in [0.717, 1.165) is 16.9 Å². The van der Waals surface area contributed by atoms with Gasteiger partial charge in [0.15, 0.2) is 0 Å². The van der Waals surface area contributed by atoms with Gasteiger partial charge in [0.1, 0.15) is 11.5 Å². The largest absolute Gasteiger partial charge is 0.497 e. The first kappa shape index (κ1) is 13.9. The summed E-state index contributed by atoms with van der Waals surface area (Å²) in [5.74, 6) is 0.975. The van der Waals surface area contributed by atoms with Crippen LogP contribution in [-0.2, 0) is 6.42 Å². The Morgan fingerprint density at radius 1 is 1.00 bits per heavy atom. The van der Waals surface area contributed by atoms with Crippen LogP contribution in [0, 0.1) is 0 Å². The maximum absolute atomic E-state index is 11.5. The maximum Gasteiger partial charge on any atom is 0.249 e. The molecule has 0 unspecified atom stereocenters. The van der Waals surface area contributed by atoms with Crippen LogP contribution < -0.4 is 15.2 Å². The lowest BCUT2D eigenvalue weighted by atomic mass is 9.99. The van der Waals surface area contributed by atoms with Crippen LogP contribution in [0.25, 0.3) is 0 Å². The van der Waals surface area contributed by atoms with E-state index in [1.54, 1.807) is 20.3 Å². The van der Waals surface area contributed by atoms with Crippen molar-refractivity contribution in [3.63, 3.8) is 0 Å². The normalized spacial score (nSPS) is 10.1. The Kier molecular flexibility index (Phi) is 4.25. The number of primary amides is 1. The molecular weight excluding hydrogens is 254 g/mol. The molecule has 0 aromatic heterocycles. The molecule has 2 aromatic carbocycles. The van der Waals surface area contributed by atoms with Crippen molar-refractivity contribution in [2.24, 2.45) is 5.73 Å². The Hall–Kier alpha value is -2.49. The second-order valence-corrected chi connectivity index (χ2v) is 4.41. The predicted octanol–water partition coefficient (Wildman–Crippen LogP) is 2.39. The number of hydrogen-bond donors (Lipinski definition) is 1. The minimum Gasteiger partial charge on any atom is -0.497 e. The number of carbonyl (C=O) groups excluding carboxylic acids is 1. The third kappa shape index (κ3) is 3.09. The number of carbonyl (C=O) groups is 1. The molecule has 0 bridgehead atoms. The zero-order chi connectivity index (χ0) is 14.5. The maximum atomic E-state index is 11.5. The van der Waals surface area contributed by atoms with E-state index < -0.39 is 5.91 Å². The van der Waals surface area contributed by atoms with Crippen LogP contribution in [0.5, 0.6) is 11.5 Å². The van der Waals surface area contributed by atoms with Crippen LogP contribution in [0.3, 0.4) is 0 Å². The Bertz CT molecular complexity index is 606. The summed E-state index contributed by atoms with van der Waals surface area (Å²) in [6.45, 7) is 0. The third-order valence-corrected chi connectivity index (χ3v) is 3.14. The van der Waals surface area contributed by atoms with Crippen LogP contribution in [0.2, 0.25) is 0 Å². The molecule has 20 heavy (non-hydrogen) atoms. The van der Waals surface area contributed by atoms with Crippen molar-refractivity contribution in [2.75, 3.05) is 14.2 Å². The molecule has 0 aliphatic carbocycles. The van der Waals surface area contributed by atoms with Crippen molar-refractivity contribution in [1.29, 1.82) is 0 Å². The van der Waals surface area contributed by atoms with Crippen LogP contribution in [0.1, 0.15) is 21.5 Å². The van der Waals surface area contributed by atoms with Crippen molar-refractivity contribution in [2.45, 2.75) is 6.42 Å². The summed E-state index contributed by atoms with van der Waals surface area (Å²) < 4.78 is 10.2. The fourth-order valence-corrected chi connectivity index (χ4v) is 2.03. The molecule has 0 radical (unpaired) electrons. The molecule has 2 aromatic rings. The summed E-state index contributed by atoms with van der Waals surface area (Å²) in [6.07, 6.45) is 0.631. The monoisotopic (exact) mass is 271 g/mol. The molecule has 0 spiro atoms. The van der Waals surface area contributed by atoms with E-state index in [4.69, 9.17) is 15.2 Å². The van der Waals surface area contributed by atoms with Gasteiger partial charge in [-0.15, -0.1) is 0 Å². The first-order valence-corrected chi connectivity index (χ1v) is 6.23. The lowest BCUT2D eigenvalue weighted by Gasteiger charge is -2.09. The van der Waals surface area contributed by atoms with Gasteiger partial charge >= 0.3 is 0 Å². The first-order chi connectivity index (χ1) is 9.63. The fraction of sp³-hybridized carbons (Fsp3) is 0.188.